The average molecular weight is 357 g/mol. The summed E-state index contributed by atoms with van der Waals surface area (Å²) in [5.41, 5.74) is -0.716. The van der Waals surface area contributed by atoms with Crippen LogP contribution in [0, 0.1) is 0 Å². The van der Waals surface area contributed by atoms with Gasteiger partial charge < -0.3 is 20.1 Å². The third-order valence-corrected chi connectivity index (χ3v) is 4.48. The van der Waals surface area contributed by atoms with Crippen molar-refractivity contribution in [3.05, 3.63) is 29.8 Å². The Hall–Kier alpha value is -1.96. The number of hydrogen-bond donors (Lipinski definition) is 2. The predicted molar refractivity (Wildman–Crippen MR) is 87.7 cm³/mol. The summed E-state index contributed by atoms with van der Waals surface area (Å²) in [6.45, 7) is 0.660. The van der Waals surface area contributed by atoms with Crippen molar-refractivity contribution in [1.82, 2.24) is 10.6 Å². The third kappa shape index (κ3) is 4.56. The zero-order valence-corrected chi connectivity index (χ0v) is 14.0. The minimum atomic E-state index is -4.37. The summed E-state index contributed by atoms with van der Waals surface area (Å²) in [6, 6.07) is 5.12. The molecule has 2 aliphatic heterocycles. The van der Waals surface area contributed by atoms with Gasteiger partial charge in [0, 0.05) is 7.05 Å². The first kappa shape index (κ1) is 17.8. The molecule has 1 aromatic rings. The van der Waals surface area contributed by atoms with Gasteiger partial charge in [0.05, 0.1) is 30.4 Å². The molecule has 3 rings (SSSR count). The van der Waals surface area contributed by atoms with E-state index in [4.69, 9.17) is 9.47 Å². The van der Waals surface area contributed by atoms with Gasteiger partial charge in [0.15, 0.2) is 5.96 Å². The first-order valence-electron chi connectivity index (χ1n) is 8.38. The maximum atomic E-state index is 12.7. The normalized spacial score (nSPS) is 25.9. The third-order valence-electron chi connectivity index (χ3n) is 4.48. The number of halogens is 3. The molecule has 5 nitrogen and oxygen atoms in total. The van der Waals surface area contributed by atoms with E-state index in [0.717, 1.165) is 31.4 Å². The molecule has 0 saturated carbocycles. The van der Waals surface area contributed by atoms with Crippen molar-refractivity contribution in [3.63, 3.8) is 0 Å². The number of ether oxygens (including phenoxy) is 2. The maximum Gasteiger partial charge on any atom is 0.416 e. The van der Waals surface area contributed by atoms with Crippen molar-refractivity contribution < 1.29 is 22.6 Å². The first-order chi connectivity index (χ1) is 12.0. The van der Waals surface area contributed by atoms with Gasteiger partial charge in [-0.3, -0.25) is 4.99 Å². The summed E-state index contributed by atoms with van der Waals surface area (Å²) in [5, 5.41) is 6.44. The van der Waals surface area contributed by atoms with Gasteiger partial charge in [0.25, 0.3) is 0 Å². The number of aliphatic imine (C=N–C) groups is 1. The summed E-state index contributed by atoms with van der Waals surface area (Å²) < 4.78 is 49.2. The van der Waals surface area contributed by atoms with E-state index in [1.807, 2.05) is 0 Å². The quantitative estimate of drug-likeness (QED) is 0.483. The topological polar surface area (TPSA) is 54.9 Å². The monoisotopic (exact) mass is 357 g/mol. The standard InChI is InChI=1S/C17H22F3N3O2/c1-21-16(23-14-10-13-5-6-15(14)25-13)22-7-8-24-12-4-2-3-11(9-12)17(18,19)20/h2-4,9,13-15H,5-8,10H2,1H3,(H2,21,22,23). The molecular weight excluding hydrogens is 335 g/mol. The van der Waals surface area contributed by atoms with Crippen molar-refractivity contribution in [2.75, 3.05) is 20.2 Å². The molecule has 2 aliphatic rings. The zero-order valence-electron chi connectivity index (χ0n) is 14.0. The Morgan fingerprint density at radius 3 is 2.84 bits per heavy atom. The summed E-state index contributed by atoms with van der Waals surface area (Å²) >= 11 is 0. The van der Waals surface area contributed by atoms with Gasteiger partial charge in [-0.1, -0.05) is 6.07 Å². The van der Waals surface area contributed by atoms with Crippen LogP contribution in [0.25, 0.3) is 0 Å². The van der Waals surface area contributed by atoms with E-state index in [1.165, 1.54) is 12.1 Å². The minimum absolute atomic E-state index is 0.195. The Kier molecular flexibility index (Phi) is 5.36. The molecule has 2 bridgehead atoms. The molecule has 1 aromatic carbocycles. The van der Waals surface area contributed by atoms with Crippen molar-refractivity contribution in [2.24, 2.45) is 4.99 Å². The fraction of sp³-hybridized carbons (Fsp3) is 0.588. The van der Waals surface area contributed by atoms with Gasteiger partial charge in [-0.05, 0) is 37.5 Å². The van der Waals surface area contributed by atoms with E-state index >= 15 is 0 Å². The molecule has 3 unspecified atom stereocenters. The number of nitrogens with one attached hydrogen (secondary N) is 2. The van der Waals surface area contributed by atoms with E-state index in [-0.39, 0.29) is 24.5 Å². The van der Waals surface area contributed by atoms with Crippen LogP contribution in [0.4, 0.5) is 13.2 Å². The van der Waals surface area contributed by atoms with E-state index in [1.54, 1.807) is 7.05 Å². The van der Waals surface area contributed by atoms with Crippen LogP contribution >= 0.6 is 0 Å². The smallest absolute Gasteiger partial charge is 0.416 e. The summed E-state index contributed by atoms with van der Waals surface area (Å²) in [5.74, 6) is 0.842. The van der Waals surface area contributed by atoms with Crippen LogP contribution in [0.15, 0.2) is 29.3 Å². The van der Waals surface area contributed by atoms with Gasteiger partial charge in [0.1, 0.15) is 12.4 Å². The molecule has 0 aromatic heterocycles. The Morgan fingerprint density at radius 1 is 1.36 bits per heavy atom. The first-order valence-corrected chi connectivity index (χ1v) is 8.38. The largest absolute Gasteiger partial charge is 0.492 e. The number of rotatable bonds is 5. The Morgan fingerprint density at radius 2 is 2.20 bits per heavy atom. The SMILES string of the molecule is CN=C(NCCOc1cccc(C(F)(F)F)c1)NC1CC2CCC1O2. The fourth-order valence-electron chi connectivity index (χ4n) is 3.26. The minimum Gasteiger partial charge on any atom is -0.492 e. The summed E-state index contributed by atoms with van der Waals surface area (Å²) in [4.78, 5) is 4.16. The molecule has 2 heterocycles. The van der Waals surface area contributed by atoms with Gasteiger partial charge >= 0.3 is 6.18 Å². The van der Waals surface area contributed by atoms with E-state index in [2.05, 4.69) is 15.6 Å². The van der Waals surface area contributed by atoms with Gasteiger partial charge in [-0.2, -0.15) is 13.2 Å². The van der Waals surface area contributed by atoms with Crippen molar-refractivity contribution in [1.29, 1.82) is 0 Å². The maximum absolute atomic E-state index is 12.7. The Labute approximate surface area is 144 Å². The highest BCUT2D eigenvalue weighted by Crippen LogP contribution is 2.34. The van der Waals surface area contributed by atoms with Crippen molar-refractivity contribution in [3.8, 4) is 5.75 Å². The van der Waals surface area contributed by atoms with Gasteiger partial charge in [-0.25, -0.2) is 0 Å². The van der Waals surface area contributed by atoms with Crippen LogP contribution < -0.4 is 15.4 Å². The lowest BCUT2D eigenvalue weighted by atomic mass is 9.96. The van der Waals surface area contributed by atoms with Crippen LogP contribution in [0.2, 0.25) is 0 Å². The molecule has 0 amide bonds. The molecule has 0 spiro atoms. The molecular formula is C17H22F3N3O2. The highest BCUT2D eigenvalue weighted by Gasteiger charge is 2.41. The van der Waals surface area contributed by atoms with Gasteiger partial charge in [-0.15, -0.1) is 0 Å². The number of guanidine groups is 1. The number of nitrogens with zero attached hydrogens (tertiary/aromatic N) is 1. The summed E-state index contributed by atoms with van der Waals surface area (Å²) in [7, 11) is 1.68. The Bertz CT molecular complexity index is 621. The molecule has 0 aliphatic carbocycles. The predicted octanol–water partition coefficient (Wildman–Crippen LogP) is 2.57. The van der Waals surface area contributed by atoms with Crippen LogP contribution in [-0.4, -0.2) is 44.4 Å². The molecule has 8 heteroatoms. The highest BCUT2D eigenvalue weighted by atomic mass is 19.4. The second kappa shape index (κ2) is 7.51. The van der Waals surface area contributed by atoms with Gasteiger partial charge in [0.2, 0.25) is 0 Å². The lowest BCUT2D eigenvalue weighted by molar-refractivity contribution is -0.137. The fourth-order valence-corrected chi connectivity index (χ4v) is 3.26. The number of alkyl halides is 3. The molecule has 138 valence electrons. The summed E-state index contributed by atoms with van der Waals surface area (Å²) in [6.07, 6.45) is -0.606. The van der Waals surface area contributed by atoms with Crippen LogP contribution in [0.5, 0.6) is 5.75 Å². The molecule has 0 radical (unpaired) electrons. The van der Waals surface area contributed by atoms with E-state index in [0.29, 0.717) is 18.6 Å². The average Bonchev–Trinajstić information content (AvgIpc) is 3.20. The number of fused-ring (bicyclic) bond motifs is 2. The molecule has 25 heavy (non-hydrogen) atoms. The van der Waals surface area contributed by atoms with Crippen molar-refractivity contribution >= 4 is 5.96 Å². The van der Waals surface area contributed by atoms with E-state index < -0.39 is 11.7 Å². The van der Waals surface area contributed by atoms with Crippen molar-refractivity contribution in [2.45, 2.75) is 43.7 Å². The second-order valence-electron chi connectivity index (χ2n) is 6.23. The molecule has 2 N–H and O–H groups in total. The molecule has 2 fully saturated rings. The highest BCUT2D eigenvalue weighted by molar-refractivity contribution is 5.80. The lowest BCUT2D eigenvalue weighted by Gasteiger charge is -2.22. The van der Waals surface area contributed by atoms with Crippen LogP contribution in [0.1, 0.15) is 24.8 Å². The molecule has 2 saturated heterocycles. The lowest BCUT2D eigenvalue weighted by Crippen LogP contribution is -2.48. The number of benzene rings is 1. The zero-order chi connectivity index (χ0) is 17.9. The molecule has 3 atom stereocenters. The number of hydrogen-bond acceptors (Lipinski definition) is 3. The Balaban J connectivity index is 1.41. The van der Waals surface area contributed by atoms with Crippen LogP contribution in [0.3, 0.4) is 0 Å². The van der Waals surface area contributed by atoms with E-state index in [9.17, 15) is 13.2 Å². The second-order valence-corrected chi connectivity index (χ2v) is 6.23. The van der Waals surface area contributed by atoms with Crippen LogP contribution in [-0.2, 0) is 10.9 Å².